The van der Waals surface area contributed by atoms with Crippen molar-refractivity contribution in [3.63, 3.8) is 0 Å². The normalized spacial score (nSPS) is 10.6. The van der Waals surface area contributed by atoms with Crippen LogP contribution in [0.4, 0.5) is 5.82 Å². The predicted octanol–water partition coefficient (Wildman–Crippen LogP) is 0.837. The lowest BCUT2D eigenvalue weighted by molar-refractivity contribution is -0.129. The van der Waals surface area contributed by atoms with Crippen LogP contribution < -0.4 is 5.73 Å². The van der Waals surface area contributed by atoms with Gasteiger partial charge in [-0.25, -0.2) is 4.98 Å². The molecule has 94 valence electrons. The lowest BCUT2D eigenvalue weighted by Crippen LogP contribution is -2.34. The molecule has 17 heavy (non-hydrogen) atoms. The summed E-state index contributed by atoms with van der Waals surface area (Å²) in [7, 11) is 5.28. The van der Waals surface area contributed by atoms with Crippen LogP contribution in [0.3, 0.4) is 0 Å². The third-order valence-corrected chi connectivity index (χ3v) is 2.61. The Labute approximate surface area is 106 Å². The van der Waals surface area contributed by atoms with Crippen molar-refractivity contribution in [1.29, 1.82) is 0 Å². The van der Waals surface area contributed by atoms with E-state index in [1.165, 1.54) is 0 Å². The smallest absolute Gasteiger partial charge is 0.236 e. The zero-order valence-electron chi connectivity index (χ0n) is 10.3. The van der Waals surface area contributed by atoms with Gasteiger partial charge in [0.25, 0.3) is 0 Å². The number of nitrogens with zero attached hydrogens (tertiary/aromatic N) is 3. The molecule has 1 heterocycles. The van der Waals surface area contributed by atoms with E-state index in [1.54, 1.807) is 31.1 Å². The van der Waals surface area contributed by atoms with E-state index in [9.17, 15) is 4.79 Å². The second-order valence-electron chi connectivity index (χ2n) is 4.13. The Balaban J connectivity index is 2.64. The van der Waals surface area contributed by atoms with Gasteiger partial charge in [-0.3, -0.25) is 9.69 Å². The molecule has 0 saturated heterocycles. The van der Waals surface area contributed by atoms with Gasteiger partial charge in [-0.1, -0.05) is 11.6 Å². The Morgan fingerprint density at radius 1 is 1.41 bits per heavy atom. The minimum Gasteiger partial charge on any atom is -0.384 e. The molecule has 0 aliphatic rings. The van der Waals surface area contributed by atoms with E-state index in [1.807, 2.05) is 11.9 Å². The van der Waals surface area contributed by atoms with Gasteiger partial charge in [0.05, 0.1) is 17.3 Å². The molecule has 1 rings (SSSR count). The summed E-state index contributed by atoms with van der Waals surface area (Å²) in [5, 5.41) is 0.559. The Hall–Kier alpha value is -1.33. The highest BCUT2D eigenvalue weighted by Crippen LogP contribution is 2.16. The summed E-state index contributed by atoms with van der Waals surface area (Å²) in [4.78, 5) is 19.0. The number of hydrogen-bond donors (Lipinski definition) is 1. The summed E-state index contributed by atoms with van der Waals surface area (Å²) >= 11 is 6.00. The third kappa shape index (κ3) is 4.20. The van der Waals surface area contributed by atoms with Crippen molar-refractivity contribution in [3.8, 4) is 0 Å². The van der Waals surface area contributed by atoms with Crippen molar-refractivity contribution in [1.82, 2.24) is 14.8 Å². The van der Waals surface area contributed by atoms with E-state index < -0.39 is 0 Å². The van der Waals surface area contributed by atoms with E-state index >= 15 is 0 Å². The monoisotopic (exact) mass is 256 g/mol. The van der Waals surface area contributed by atoms with Crippen molar-refractivity contribution in [3.05, 3.63) is 22.8 Å². The van der Waals surface area contributed by atoms with Gasteiger partial charge >= 0.3 is 0 Å². The number of carbonyl (C=O) groups is 1. The fourth-order valence-corrected chi connectivity index (χ4v) is 1.46. The Bertz CT molecular complexity index is 408. The quantitative estimate of drug-likeness (QED) is 0.867. The fourth-order valence-electron chi connectivity index (χ4n) is 1.30. The van der Waals surface area contributed by atoms with Crippen LogP contribution in [-0.2, 0) is 11.3 Å². The van der Waals surface area contributed by atoms with Crippen LogP contribution in [0.25, 0.3) is 0 Å². The summed E-state index contributed by atoms with van der Waals surface area (Å²) < 4.78 is 0. The summed E-state index contributed by atoms with van der Waals surface area (Å²) in [6.45, 7) is 0.809. The first-order valence-corrected chi connectivity index (χ1v) is 5.57. The van der Waals surface area contributed by atoms with E-state index in [0.29, 0.717) is 29.6 Å². The number of amides is 1. The molecular formula is C11H17ClN4O. The molecule has 0 spiro atoms. The van der Waals surface area contributed by atoms with Crippen LogP contribution >= 0.6 is 11.6 Å². The molecule has 1 amide bonds. The van der Waals surface area contributed by atoms with Crippen molar-refractivity contribution in [2.45, 2.75) is 6.54 Å². The van der Waals surface area contributed by atoms with Crippen LogP contribution in [0.5, 0.6) is 0 Å². The van der Waals surface area contributed by atoms with Crippen LogP contribution in [0.15, 0.2) is 12.1 Å². The number of likely N-dealkylation sites (N-methyl/N-ethyl adjacent to an activating group) is 2. The third-order valence-electron chi connectivity index (χ3n) is 2.26. The molecule has 0 aliphatic carbocycles. The molecule has 1 aromatic rings. The number of nitrogens with two attached hydrogens (primary N) is 1. The van der Waals surface area contributed by atoms with Crippen LogP contribution in [0.2, 0.25) is 5.02 Å². The van der Waals surface area contributed by atoms with Crippen LogP contribution in [0, 0.1) is 0 Å². The molecule has 0 fully saturated rings. The fraction of sp³-hybridized carbons (Fsp3) is 0.455. The van der Waals surface area contributed by atoms with Crippen LogP contribution in [-0.4, -0.2) is 48.4 Å². The van der Waals surface area contributed by atoms with E-state index in [4.69, 9.17) is 17.3 Å². The predicted molar refractivity (Wildman–Crippen MR) is 68.7 cm³/mol. The lowest BCUT2D eigenvalue weighted by Gasteiger charge is -2.19. The average molecular weight is 257 g/mol. The van der Waals surface area contributed by atoms with Crippen LogP contribution in [0.1, 0.15) is 5.69 Å². The maximum absolute atomic E-state index is 11.5. The molecule has 5 nitrogen and oxygen atoms in total. The van der Waals surface area contributed by atoms with Gasteiger partial charge in [-0.2, -0.15) is 0 Å². The number of nitrogen functional groups attached to an aromatic ring is 1. The van der Waals surface area contributed by atoms with Gasteiger partial charge in [-0.05, 0) is 19.2 Å². The second kappa shape index (κ2) is 5.84. The second-order valence-corrected chi connectivity index (χ2v) is 4.53. The van der Waals surface area contributed by atoms with Gasteiger partial charge in [0.2, 0.25) is 5.91 Å². The largest absolute Gasteiger partial charge is 0.384 e. The molecule has 0 unspecified atom stereocenters. The summed E-state index contributed by atoms with van der Waals surface area (Å²) in [6, 6.07) is 3.36. The Morgan fingerprint density at radius 2 is 2.06 bits per heavy atom. The molecular weight excluding hydrogens is 240 g/mol. The van der Waals surface area contributed by atoms with Crippen molar-refractivity contribution in [2.75, 3.05) is 33.4 Å². The molecule has 2 N–H and O–H groups in total. The number of aromatic nitrogens is 1. The maximum atomic E-state index is 11.5. The zero-order chi connectivity index (χ0) is 13.0. The molecule has 6 heteroatoms. The topological polar surface area (TPSA) is 62.5 Å². The maximum Gasteiger partial charge on any atom is 0.236 e. The molecule has 0 radical (unpaired) electrons. The molecule has 0 aliphatic heterocycles. The van der Waals surface area contributed by atoms with Crippen molar-refractivity contribution < 1.29 is 4.79 Å². The van der Waals surface area contributed by atoms with Gasteiger partial charge in [-0.15, -0.1) is 0 Å². The molecule has 0 aromatic carbocycles. The van der Waals surface area contributed by atoms with E-state index in [0.717, 1.165) is 0 Å². The summed E-state index contributed by atoms with van der Waals surface area (Å²) in [5.41, 5.74) is 6.27. The Kier molecular flexibility index (Phi) is 4.72. The minimum atomic E-state index is 0.0347. The van der Waals surface area contributed by atoms with Crippen molar-refractivity contribution in [2.24, 2.45) is 0 Å². The SMILES string of the molecule is CN(CC(=O)N(C)C)Cc1nc(N)ccc1Cl. The average Bonchev–Trinajstić information content (AvgIpc) is 2.23. The highest BCUT2D eigenvalue weighted by atomic mass is 35.5. The highest BCUT2D eigenvalue weighted by molar-refractivity contribution is 6.31. The first-order valence-electron chi connectivity index (χ1n) is 5.19. The lowest BCUT2D eigenvalue weighted by atomic mass is 10.3. The van der Waals surface area contributed by atoms with Gasteiger partial charge in [0.15, 0.2) is 0 Å². The number of pyridine rings is 1. The number of anilines is 1. The highest BCUT2D eigenvalue weighted by Gasteiger charge is 2.11. The molecule has 0 saturated carbocycles. The van der Waals surface area contributed by atoms with Gasteiger partial charge in [0.1, 0.15) is 5.82 Å². The first kappa shape index (κ1) is 13.7. The summed E-state index contributed by atoms with van der Waals surface area (Å²) in [5.74, 6) is 0.462. The Morgan fingerprint density at radius 3 is 2.65 bits per heavy atom. The zero-order valence-corrected chi connectivity index (χ0v) is 11.0. The summed E-state index contributed by atoms with van der Waals surface area (Å²) in [6.07, 6.45) is 0. The standard InChI is InChI=1S/C11H17ClN4O/c1-15(2)11(17)7-16(3)6-9-8(12)4-5-10(13)14-9/h4-5H,6-7H2,1-3H3,(H2,13,14). The minimum absolute atomic E-state index is 0.0347. The molecule has 1 aromatic heterocycles. The van der Waals surface area contributed by atoms with Gasteiger partial charge < -0.3 is 10.6 Å². The van der Waals surface area contributed by atoms with E-state index in [2.05, 4.69) is 4.98 Å². The van der Waals surface area contributed by atoms with Gasteiger partial charge in [0, 0.05) is 20.6 Å². The molecule has 0 bridgehead atoms. The molecule has 0 atom stereocenters. The number of rotatable bonds is 4. The number of halogens is 1. The first-order chi connectivity index (χ1) is 7.90. The number of hydrogen-bond acceptors (Lipinski definition) is 4. The van der Waals surface area contributed by atoms with E-state index in [-0.39, 0.29) is 5.91 Å². The van der Waals surface area contributed by atoms with Crippen molar-refractivity contribution >= 4 is 23.3 Å². The number of carbonyl (C=O) groups excluding carboxylic acids is 1.